The Bertz CT molecular complexity index is 553. The van der Waals surface area contributed by atoms with Gasteiger partial charge in [-0.1, -0.05) is 0 Å². The zero-order chi connectivity index (χ0) is 15.6. The molecule has 1 aromatic rings. The number of pyridine rings is 1. The number of hydrogen-bond donors (Lipinski definition) is 0. The smallest absolute Gasteiger partial charge is 0.255 e. The van der Waals surface area contributed by atoms with E-state index in [9.17, 15) is 4.79 Å². The first kappa shape index (κ1) is 14.9. The monoisotopic (exact) mass is 314 g/mol. The first-order valence-corrected chi connectivity index (χ1v) is 9.05. The van der Waals surface area contributed by atoms with E-state index in [-0.39, 0.29) is 5.91 Å². The highest BCUT2D eigenvalue weighted by molar-refractivity contribution is 5.94. The molecular formula is C18H26N4O. The van der Waals surface area contributed by atoms with Crippen LogP contribution in [-0.2, 0) is 0 Å². The van der Waals surface area contributed by atoms with Crippen LogP contribution in [0.4, 0.5) is 5.82 Å². The predicted octanol–water partition coefficient (Wildman–Crippen LogP) is 1.99. The molecule has 1 atom stereocenters. The van der Waals surface area contributed by atoms with Crippen LogP contribution in [0.25, 0.3) is 0 Å². The number of anilines is 1. The van der Waals surface area contributed by atoms with Crippen LogP contribution in [0.15, 0.2) is 18.3 Å². The predicted molar refractivity (Wildman–Crippen MR) is 90.8 cm³/mol. The standard InChI is InChI=1S/C18H26N4O/c23-18(22-12-4-11-20-10-3-5-16(20)14-22)15-6-7-17(19-13-15)21-8-1-2-9-21/h6-7,13,16H,1-5,8-12,14H2. The first-order chi connectivity index (χ1) is 11.3. The normalized spacial score (nSPS) is 25.5. The number of rotatable bonds is 2. The molecule has 3 aliphatic heterocycles. The van der Waals surface area contributed by atoms with Gasteiger partial charge < -0.3 is 9.80 Å². The first-order valence-electron chi connectivity index (χ1n) is 9.05. The number of nitrogens with zero attached hydrogens (tertiary/aromatic N) is 4. The number of fused-ring (bicyclic) bond motifs is 1. The van der Waals surface area contributed by atoms with Gasteiger partial charge >= 0.3 is 0 Å². The maximum absolute atomic E-state index is 12.8. The van der Waals surface area contributed by atoms with E-state index in [1.54, 1.807) is 6.20 Å². The van der Waals surface area contributed by atoms with Crippen molar-refractivity contribution in [2.24, 2.45) is 0 Å². The van der Waals surface area contributed by atoms with Crippen LogP contribution in [0, 0.1) is 0 Å². The molecular weight excluding hydrogens is 288 g/mol. The lowest BCUT2D eigenvalue weighted by Crippen LogP contribution is -2.39. The molecule has 1 unspecified atom stereocenters. The molecule has 0 radical (unpaired) electrons. The van der Waals surface area contributed by atoms with E-state index < -0.39 is 0 Å². The summed E-state index contributed by atoms with van der Waals surface area (Å²) >= 11 is 0. The molecule has 124 valence electrons. The molecule has 1 amide bonds. The molecule has 0 N–H and O–H groups in total. The minimum absolute atomic E-state index is 0.152. The molecule has 0 aromatic carbocycles. The Morgan fingerprint density at radius 1 is 1.00 bits per heavy atom. The summed E-state index contributed by atoms with van der Waals surface area (Å²) in [6, 6.07) is 4.54. The molecule has 3 aliphatic rings. The third-order valence-corrected chi connectivity index (χ3v) is 5.52. The summed E-state index contributed by atoms with van der Waals surface area (Å²) in [4.78, 5) is 24.3. The van der Waals surface area contributed by atoms with Gasteiger partial charge in [0, 0.05) is 45.0 Å². The fraction of sp³-hybridized carbons (Fsp3) is 0.667. The quantitative estimate of drug-likeness (QED) is 0.837. The van der Waals surface area contributed by atoms with Crippen LogP contribution in [-0.4, -0.2) is 66.0 Å². The topological polar surface area (TPSA) is 39.7 Å². The summed E-state index contributed by atoms with van der Waals surface area (Å²) in [7, 11) is 0. The lowest BCUT2D eigenvalue weighted by molar-refractivity contribution is 0.0743. The lowest BCUT2D eigenvalue weighted by atomic mass is 10.2. The van der Waals surface area contributed by atoms with Crippen molar-refractivity contribution in [3.63, 3.8) is 0 Å². The Morgan fingerprint density at radius 2 is 1.83 bits per heavy atom. The van der Waals surface area contributed by atoms with Gasteiger partial charge in [-0.05, 0) is 50.8 Å². The third kappa shape index (κ3) is 3.07. The summed E-state index contributed by atoms with van der Waals surface area (Å²) in [5, 5.41) is 0. The van der Waals surface area contributed by atoms with Crippen molar-refractivity contribution in [1.29, 1.82) is 0 Å². The molecule has 3 fully saturated rings. The van der Waals surface area contributed by atoms with Gasteiger partial charge in [-0.15, -0.1) is 0 Å². The Balaban J connectivity index is 1.45. The van der Waals surface area contributed by atoms with Gasteiger partial charge in [-0.2, -0.15) is 0 Å². The highest BCUT2D eigenvalue weighted by Crippen LogP contribution is 2.23. The van der Waals surface area contributed by atoms with Crippen molar-refractivity contribution < 1.29 is 4.79 Å². The molecule has 4 rings (SSSR count). The summed E-state index contributed by atoms with van der Waals surface area (Å²) in [5.41, 5.74) is 0.736. The van der Waals surface area contributed by atoms with Crippen molar-refractivity contribution in [3.8, 4) is 0 Å². The van der Waals surface area contributed by atoms with Gasteiger partial charge in [0.15, 0.2) is 0 Å². The average Bonchev–Trinajstić information content (AvgIpc) is 3.23. The second-order valence-corrected chi connectivity index (χ2v) is 7.04. The van der Waals surface area contributed by atoms with E-state index in [1.807, 2.05) is 17.0 Å². The van der Waals surface area contributed by atoms with Crippen LogP contribution < -0.4 is 4.90 Å². The lowest BCUT2D eigenvalue weighted by Gasteiger charge is -2.26. The summed E-state index contributed by atoms with van der Waals surface area (Å²) < 4.78 is 0. The fourth-order valence-electron chi connectivity index (χ4n) is 4.22. The van der Waals surface area contributed by atoms with Crippen LogP contribution >= 0.6 is 0 Å². The Kier molecular flexibility index (Phi) is 4.21. The van der Waals surface area contributed by atoms with Crippen LogP contribution in [0.2, 0.25) is 0 Å². The van der Waals surface area contributed by atoms with Gasteiger partial charge in [-0.3, -0.25) is 9.69 Å². The Hall–Kier alpha value is -1.62. The van der Waals surface area contributed by atoms with Crippen molar-refractivity contribution in [1.82, 2.24) is 14.8 Å². The summed E-state index contributed by atoms with van der Waals surface area (Å²) in [6.45, 7) is 6.28. The average molecular weight is 314 g/mol. The van der Waals surface area contributed by atoms with E-state index >= 15 is 0 Å². The maximum atomic E-state index is 12.8. The van der Waals surface area contributed by atoms with Gasteiger partial charge in [0.25, 0.3) is 5.91 Å². The molecule has 23 heavy (non-hydrogen) atoms. The number of amides is 1. The van der Waals surface area contributed by atoms with Crippen molar-refractivity contribution in [2.75, 3.05) is 44.2 Å². The van der Waals surface area contributed by atoms with E-state index in [0.717, 1.165) is 50.5 Å². The number of carbonyl (C=O) groups is 1. The number of carbonyl (C=O) groups excluding carboxylic acids is 1. The summed E-state index contributed by atoms with van der Waals surface area (Å²) in [5.74, 6) is 1.16. The van der Waals surface area contributed by atoms with Gasteiger partial charge in [0.05, 0.1) is 5.56 Å². The highest BCUT2D eigenvalue weighted by atomic mass is 16.2. The van der Waals surface area contributed by atoms with Crippen LogP contribution in [0.5, 0.6) is 0 Å². The number of hydrogen-bond acceptors (Lipinski definition) is 4. The van der Waals surface area contributed by atoms with Crippen LogP contribution in [0.3, 0.4) is 0 Å². The molecule has 0 aliphatic carbocycles. The Labute approximate surface area is 138 Å². The molecule has 5 heteroatoms. The van der Waals surface area contributed by atoms with Gasteiger partial charge in [0.2, 0.25) is 0 Å². The van der Waals surface area contributed by atoms with Crippen molar-refractivity contribution >= 4 is 11.7 Å². The van der Waals surface area contributed by atoms with Crippen LogP contribution in [0.1, 0.15) is 42.5 Å². The summed E-state index contributed by atoms with van der Waals surface area (Å²) in [6.07, 6.45) is 7.85. The van der Waals surface area contributed by atoms with E-state index in [2.05, 4.69) is 14.8 Å². The molecule has 1 aromatic heterocycles. The molecule has 0 bridgehead atoms. The zero-order valence-corrected chi connectivity index (χ0v) is 13.8. The molecule has 4 heterocycles. The molecule has 0 spiro atoms. The second kappa shape index (κ2) is 6.48. The van der Waals surface area contributed by atoms with Gasteiger partial charge in [-0.25, -0.2) is 4.98 Å². The third-order valence-electron chi connectivity index (χ3n) is 5.52. The van der Waals surface area contributed by atoms with Crippen molar-refractivity contribution in [2.45, 2.75) is 38.1 Å². The SMILES string of the molecule is O=C(c1ccc(N2CCCC2)nc1)N1CCCN2CCCC2C1. The zero-order valence-electron chi connectivity index (χ0n) is 13.8. The maximum Gasteiger partial charge on any atom is 0.255 e. The highest BCUT2D eigenvalue weighted by Gasteiger charge is 2.30. The molecule has 3 saturated heterocycles. The van der Waals surface area contributed by atoms with E-state index in [0.29, 0.717) is 6.04 Å². The second-order valence-electron chi connectivity index (χ2n) is 7.04. The molecule has 0 saturated carbocycles. The van der Waals surface area contributed by atoms with Gasteiger partial charge in [0.1, 0.15) is 5.82 Å². The minimum Gasteiger partial charge on any atom is -0.357 e. The molecule has 5 nitrogen and oxygen atoms in total. The minimum atomic E-state index is 0.152. The fourth-order valence-corrected chi connectivity index (χ4v) is 4.22. The van der Waals surface area contributed by atoms with E-state index in [1.165, 1.54) is 32.2 Å². The van der Waals surface area contributed by atoms with Crippen molar-refractivity contribution in [3.05, 3.63) is 23.9 Å². The largest absolute Gasteiger partial charge is 0.357 e. The number of aromatic nitrogens is 1. The Morgan fingerprint density at radius 3 is 2.61 bits per heavy atom. The van der Waals surface area contributed by atoms with E-state index in [4.69, 9.17) is 0 Å².